The summed E-state index contributed by atoms with van der Waals surface area (Å²) in [5.41, 5.74) is 2.95. The Kier molecular flexibility index (Phi) is 6.20. The normalized spacial score (nSPS) is 16.6. The van der Waals surface area contributed by atoms with Crippen LogP contribution in [0.5, 0.6) is 0 Å². The van der Waals surface area contributed by atoms with E-state index in [4.69, 9.17) is 4.74 Å². The molecule has 0 saturated carbocycles. The lowest BCUT2D eigenvalue weighted by molar-refractivity contribution is 0.0175. The van der Waals surface area contributed by atoms with Crippen molar-refractivity contribution in [3.05, 3.63) is 77.4 Å². The van der Waals surface area contributed by atoms with E-state index in [0.29, 0.717) is 24.7 Å². The number of hydrogen-bond acceptors (Lipinski definition) is 4. The Labute approximate surface area is 178 Å². The highest BCUT2D eigenvalue weighted by Crippen LogP contribution is 2.29. The molecule has 0 unspecified atom stereocenters. The summed E-state index contributed by atoms with van der Waals surface area (Å²) in [6, 6.07) is 19.9. The Balaban J connectivity index is 1.67. The predicted octanol–water partition coefficient (Wildman–Crippen LogP) is 3.81. The van der Waals surface area contributed by atoms with Gasteiger partial charge in [-0.05, 0) is 41.8 Å². The van der Waals surface area contributed by atoms with Crippen LogP contribution in [0.2, 0.25) is 0 Å². The maximum atomic E-state index is 13.1. The molecule has 0 spiro atoms. The van der Waals surface area contributed by atoms with Crippen molar-refractivity contribution in [2.24, 2.45) is 0 Å². The molecule has 30 heavy (non-hydrogen) atoms. The van der Waals surface area contributed by atoms with E-state index in [1.807, 2.05) is 44.2 Å². The van der Waals surface area contributed by atoms with Crippen molar-refractivity contribution >= 4 is 20.8 Å². The monoisotopic (exact) mass is 424 g/mol. The van der Waals surface area contributed by atoms with Gasteiger partial charge in [0.25, 0.3) is 0 Å². The summed E-state index contributed by atoms with van der Waals surface area (Å²) in [7, 11) is -3.61. The van der Waals surface area contributed by atoms with Gasteiger partial charge in [-0.15, -0.1) is 0 Å². The lowest BCUT2D eigenvalue weighted by Crippen LogP contribution is -2.44. The molecule has 1 saturated heterocycles. The smallest absolute Gasteiger partial charge is 0.240 e. The van der Waals surface area contributed by atoms with Crippen LogP contribution in [0.3, 0.4) is 0 Å². The molecule has 5 nitrogen and oxygen atoms in total. The van der Waals surface area contributed by atoms with Crippen LogP contribution >= 0.6 is 0 Å². The number of hydrogen-bond donors (Lipinski definition) is 1. The number of aryl methyl sites for hydroxylation is 2. The van der Waals surface area contributed by atoms with Gasteiger partial charge in [-0.1, -0.05) is 60.2 Å². The molecule has 0 aliphatic carbocycles. The van der Waals surface area contributed by atoms with Gasteiger partial charge in [0.1, 0.15) is 0 Å². The van der Waals surface area contributed by atoms with Gasteiger partial charge in [0.05, 0.1) is 18.1 Å². The zero-order valence-corrected chi connectivity index (χ0v) is 18.3. The van der Waals surface area contributed by atoms with Crippen molar-refractivity contribution < 1.29 is 13.2 Å². The third-order valence-electron chi connectivity index (χ3n) is 5.76. The molecule has 1 aliphatic rings. The Hall–Kier alpha value is -2.25. The maximum absolute atomic E-state index is 13.1. The van der Waals surface area contributed by atoms with Gasteiger partial charge in [0, 0.05) is 25.7 Å². The molecule has 158 valence electrons. The second-order valence-corrected chi connectivity index (χ2v) is 9.59. The first-order valence-electron chi connectivity index (χ1n) is 10.3. The molecule has 1 heterocycles. The summed E-state index contributed by atoms with van der Waals surface area (Å²) in [6.45, 7) is 6.98. The molecule has 1 N–H and O–H groups in total. The molecule has 1 aliphatic heterocycles. The van der Waals surface area contributed by atoms with E-state index in [0.717, 1.165) is 40.6 Å². The van der Waals surface area contributed by atoms with Gasteiger partial charge in [-0.3, -0.25) is 4.90 Å². The predicted molar refractivity (Wildman–Crippen MR) is 120 cm³/mol. The molecule has 1 fully saturated rings. The fourth-order valence-corrected chi connectivity index (χ4v) is 5.50. The summed E-state index contributed by atoms with van der Waals surface area (Å²) in [6.07, 6.45) is 0. The Bertz CT molecular complexity index is 1130. The van der Waals surface area contributed by atoms with E-state index < -0.39 is 10.0 Å². The average Bonchev–Trinajstić information content (AvgIpc) is 2.74. The first-order chi connectivity index (χ1) is 14.5. The summed E-state index contributed by atoms with van der Waals surface area (Å²) >= 11 is 0. The van der Waals surface area contributed by atoms with Crippen LogP contribution in [0.1, 0.15) is 22.7 Å². The Morgan fingerprint density at radius 3 is 2.50 bits per heavy atom. The standard InChI is InChI=1S/C24H28N2O3S/c1-18-10-11-24(19(2)16-18)30(27,28)25-17-23(26-12-14-29-15-13-26)22-9-5-7-20-6-3-4-8-21(20)22/h3-11,16,23,25H,12-15,17H2,1-2H3/t23-/m0/s1. The highest BCUT2D eigenvalue weighted by Gasteiger charge is 2.26. The largest absolute Gasteiger partial charge is 0.379 e. The summed E-state index contributed by atoms with van der Waals surface area (Å²) < 4.78 is 34.6. The number of morpholine rings is 1. The summed E-state index contributed by atoms with van der Waals surface area (Å²) in [5, 5.41) is 2.31. The molecule has 3 aromatic rings. The maximum Gasteiger partial charge on any atom is 0.240 e. The lowest BCUT2D eigenvalue weighted by Gasteiger charge is -2.35. The highest BCUT2D eigenvalue weighted by atomic mass is 32.2. The number of ether oxygens (including phenoxy) is 1. The first-order valence-corrected chi connectivity index (χ1v) is 11.8. The van der Waals surface area contributed by atoms with Crippen molar-refractivity contribution in [1.82, 2.24) is 9.62 Å². The molecule has 4 rings (SSSR count). The van der Waals surface area contributed by atoms with Crippen LogP contribution in [0.15, 0.2) is 65.6 Å². The number of rotatable bonds is 6. The quantitative estimate of drug-likeness (QED) is 0.654. The van der Waals surface area contributed by atoms with E-state index in [-0.39, 0.29) is 6.04 Å². The zero-order valence-electron chi connectivity index (χ0n) is 17.5. The van der Waals surface area contributed by atoms with E-state index >= 15 is 0 Å². The van der Waals surface area contributed by atoms with Crippen molar-refractivity contribution in [1.29, 1.82) is 0 Å². The topological polar surface area (TPSA) is 58.6 Å². The van der Waals surface area contributed by atoms with Crippen molar-refractivity contribution in [3.63, 3.8) is 0 Å². The van der Waals surface area contributed by atoms with Crippen LogP contribution in [0.4, 0.5) is 0 Å². The van der Waals surface area contributed by atoms with Gasteiger partial charge < -0.3 is 4.74 Å². The minimum Gasteiger partial charge on any atom is -0.379 e. The zero-order chi connectivity index (χ0) is 21.1. The van der Waals surface area contributed by atoms with Crippen molar-refractivity contribution in [2.45, 2.75) is 24.8 Å². The average molecular weight is 425 g/mol. The molecular formula is C24H28N2O3S. The van der Waals surface area contributed by atoms with Crippen molar-refractivity contribution in [3.8, 4) is 0 Å². The molecule has 0 aromatic heterocycles. The number of fused-ring (bicyclic) bond motifs is 1. The minimum atomic E-state index is -3.61. The van der Waals surface area contributed by atoms with Gasteiger partial charge in [-0.2, -0.15) is 0 Å². The Morgan fingerprint density at radius 2 is 1.73 bits per heavy atom. The van der Waals surface area contributed by atoms with Crippen LogP contribution < -0.4 is 4.72 Å². The van der Waals surface area contributed by atoms with Crippen molar-refractivity contribution in [2.75, 3.05) is 32.8 Å². The van der Waals surface area contributed by atoms with Crippen LogP contribution in [-0.2, 0) is 14.8 Å². The van der Waals surface area contributed by atoms with Crippen LogP contribution in [-0.4, -0.2) is 46.2 Å². The highest BCUT2D eigenvalue weighted by molar-refractivity contribution is 7.89. The molecule has 3 aromatic carbocycles. The summed E-state index contributed by atoms with van der Waals surface area (Å²) in [4.78, 5) is 2.65. The van der Waals surface area contributed by atoms with E-state index in [1.165, 1.54) is 0 Å². The van der Waals surface area contributed by atoms with Gasteiger partial charge in [-0.25, -0.2) is 13.1 Å². The first kappa shape index (κ1) is 21.0. The van der Waals surface area contributed by atoms with Crippen LogP contribution in [0, 0.1) is 13.8 Å². The van der Waals surface area contributed by atoms with E-state index in [2.05, 4.69) is 33.9 Å². The third-order valence-corrected chi connectivity index (χ3v) is 7.34. The lowest BCUT2D eigenvalue weighted by atomic mass is 9.97. The Morgan fingerprint density at radius 1 is 1.00 bits per heavy atom. The molecule has 1 atom stereocenters. The van der Waals surface area contributed by atoms with E-state index in [9.17, 15) is 8.42 Å². The fourth-order valence-electron chi connectivity index (χ4n) is 4.23. The number of sulfonamides is 1. The summed E-state index contributed by atoms with van der Waals surface area (Å²) in [5.74, 6) is 0. The molecular weight excluding hydrogens is 396 g/mol. The molecule has 6 heteroatoms. The van der Waals surface area contributed by atoms with Gasteiger partial charge >= 0.3 is 0 Å². The van der Waals surface area contributed by atoms with E-state index in [1.54, 1.807) is 6.07 Å². The molecule has 0 radical (unpaired) electrons. The molecule has 0 amide bonds. The SMILES string of the molecule is Cc1ccc(S(=O)(=O)NC[C@@H](c2cccc3ccccc23)N2CCOCC2)c(C)c1. The minimum absolute atomic E-state index is 0.0690. The fraction of sp³-hybridized carbons (Fsp3) is 0.333. The second-order valence-electron chi connectivity index (χ2n) is 7.85. The van der Waals surface area contributed by atoms with Gasteiger partial charge in [0.2, 0.25) is 10.0 Å². The third kappa shape index (κ3) is 4.42. The number of nitrogens with one attached hydrogen (secondary N) is 1. The van der Waals surface area contributed by atoms with Crippen LogP contribution in [0.25, 0.3) is 10.8 Å². The second kappa shape index (κ2) is 8.86. The van der Waals surface area contributed by atoms with Gasteiger partial charge in [0.15, 0.2) is 0 Å². The number of nitrogens with zero attached hydrogens (tertiary/aromatic N) is 1. The molecule has 0 bridgehead atoms. The number of benzene rings is 3.